The average molecular weight is 461 g/mol. The third kappa shape index (κ3) is 8.40. The average Bonchev–Trinajstić information content (AvgIpc) is 3.08. The zero-order valence-corrected chi connectivity index (χ0v) is 20.4. The number of carbonyl (C=O) groups is 4. The molecular formula is C24H36N4O5. The van der Waals surface area contributed by atoms with Gasteiger partial charge in [0.1, 0.15) is 5.60 Å². The van der Waals surface area contributed by atoms with Gasteiger partial charge >= 0.3 is 6.09 Å². The van der Waals surface area contributed by atoms with Gasteiger partial charge in [0.05, 0.1) is 5.92 Å². The molecule has 0 bridgehead atoms. The lowest BCUT2D eigenvalue weighted by molar-refractivity contribution is -0.132. The summed E-state index contributed by atoms with van der Waals surface area (Å²) in [7, 11) is 0. The molecule has 3 N–H and O–H groups in total. The first-order valence-corrected chi connectivity index (χ1v) is 11.2. The maximum absolute atomic E-state index is 12.6. The molecule has 1 unspecified atom stereocenters. The molecule has 0 spiro atoms. The molecule has 1 aliphatic heterocycles. The van der Waals surface area contributed by atoms with E-state index in [1.54, 1.807) is 37.8 Å². The van der Waals surface area contributed by atoms with Crippen LogP contribution in [0.1, 0.15) is 59.9 Å². The molecule has 0 saturated carbocycles. The standard InChI is InChI=1S/C24H36N4O5/c1-23(2,3)28-15-17(13-20(28)30)21(31)26-14-16-9-7-8-10-18(16)27-19(29)11-12-25-22(32)33-24(4,5)6/h7-10,17H,11-15H2,1-6H3,(H,25,32)(H,26,31)(H,27,29). The molecule has 182 valence electrons. The Morgan fingerprint density at radius 1 is 1.06 bits per heavy atom. The quantitative estimate of drug-likeness (QED) is 0.578. The molecule has 1 aliphatic rings. The van der Waals surface area contributed by atoms with Crippen molar-refractivity contribution in [3.05, 3.63) is 29.8 Å². The molecule has 1 fully saturated rings. The normalized spacial score (nSPS) is 16.4. The van der Waals surface area contributed by atoms with Crippen LogP contribution >= 0.6 is 0 Å². The number of amides is 4. The smallest absolute Gasteiger partial charge is 0.407 e. The van der Waals surface area contributed by atoms with E-state index in [1.165, 1.54) is 0 Å². The molecule has 0 aliphatic carbocycles. The van der Waals surface area contributed by atoms with Crippen molar-refractivity contribution in [3.63, 3.8) is 0 Å². The van der Waals surface area contributed by atoms with E-state index < -0.39 is 17.6 Å². The van der Waals surface area contributed by atoms with Crippen LogP contribution in [0.15, 0.2) is 24.3 Å². The van der Waals surface area contributed by atoms with Gasteiger partial charge in [0.2, 0.25) is 17.7 Å². The van der Waals surface area contributed by atoms with Crippen molar-refractivity contribution in [3.8, 4) is 0 Å². The minimum Gasteiger partial charge on any atom is -0.444 e. The number of benzene rings is 1. The molecule has 1 saturated heterocycles. The van der Waals surface area contributed by atoms with Gasteiger partial charge in [-0.2, -0.15) is 0 Å². The molecule has 0 aromatic heterocycles. The van der Waals surface area contributed by atoms with E-state index in [2.05, 4.69) is 16.0 Å². The highest BCUT2D eigenvalue weighted by Crippen LogP contribution is 2.26. The van der Waals surface area contributed by atoms with Gasteiger partial charge in [-0.15, -0.1) is 0 Å². The molecule has 33 heavy (non-hydrogen) atoms. The van der Waals surface area contributed by atoms with Gasteiger partial charge < -0.3 is 25.6 Å². The second kappa shape index (κ2) is 10.7. The number of carbonyl (C=O) groups excluding carboxylic acids is 4. The maximum atomic E-state index is 12.6. The summed E-state index contributed by atoms with van der Waals surface area (Å²) >= 11 is 0. The van der Waals surface area contributed by atoms with Crippen LogP contribution in [0.4, 0.5) is 10.5 Å². The van der Waals surface area contributed by atoms with Crippen LogP contribution < -0.4 is 16.0 Å². The van der Waals surface area contributed by atoms with Crippen molar-refractivity contribution in [2.45, 2.75) is 72.1 Å². The number of alkyl carbamates (subject to hydrolysis) is 1. The van der Waals surface area contributed by atoms with Crippen LogP contribution in [0, 0.1) is 5.92 Å². The second-order valence-electron chi connectivity index (χ2n) is 10.2. The largest absolute Gasteiger partial charge is 0.444 e. The minimum absolute atomic E-state index is 0.0182. The van der Waals surface area contributed by atoms with E-state index >= 15 is 0 Å². The first-order chi connectivity index (χ1) is 15.3. The Bertz CT molecular complexity index is 886. The van der Waals surface area contributed by atoms with Crippen LogP contribution in [0.2, 0.25) is 0 Å². The van der Waals surface area contributed by atoms with Gasteiger partial charge in [-0.25, -0.2) is 4.79 Å². The summed E-state index contributed by atoms with van der Waals surface area (Å²) < 4.78 is 5.14. The summed E-state index contributed by atoms with van der Waals surface area (Å²) in [5.74, 6) is -0.863. The van der Waals surface area contributed by atoms with Crippen molar-refractivity contribution < 1.29 is 23.9 Å². The third-order valence-electron chi connectivity index (χ3n) is 5.07. The van der Waals surface area contributed by atoms with Crippen molar-refractivity contribution in [2.75, 3.05) is 18.4 Å². The van der Waals surface area contributed by atoms with Crippen molar-refractivity contribution >= 4 is 29.5 Å². The van der Waals surface area contributed by atoms with E-state index in [9.17, 15) is 19.2 Å². The highest BCUT2D eigenvalue weighted by atomic mass is 16.6. The topological polar surface area (TPSA) is 117 Å². The second-order valence-corrected chi connectivity index (χ2v) is 10.2. The van der Waals surface area contributed by atoms with Crippen LogP contribution in [-0.4, -0.2) is 52.9 Å². The zero-order chi connectivity index (χ0) is 24.8. The van der Waals surface area contributed by atoms with Gasteiger partial charge in [-0.05, 0) is 53.2 Å². The number of anilines is 1. The summed E-state index contributed by atoms with van der Waals surface area (Å²) in [5, 5.41) is 8.25. The van der Waals surface area contributed by atoms with Crippen molar-refractivity contribution in [1.82, 2.24) is 15.5 Å². The fraction of sp³-hybridized carbons (Fsp3) is 0.583. The van der Waals surface area contributed by atoms with Crippen LogP contribution in [0.25, 0.3) is 0 Å². The monoisotopic (exact) mass is 460 g/mol. The Morgan fingerprint density at radius 2 is 1.73 bits per heavy atom. The predicted octanol–water partition coefficient (Wildman–Crippen LogP) is 2.80. The van der Waals surface area contributed by atoms with E-state index in [0.29, 0.717) is 12.2 Å². The van der Waals surface area contributed by atoms with E-state index in [-0.39, 0.29) is 49.2 Å². The summed E-state index contributed by atoms with van der Waals surface area (Å²) in [5.41, 5.74) is 0.406. The summed E-state index contributed by atoms with van der Waals surface area (Å²) in [6, 6.07) is 7.18. The molecular weight excluding hydrogens is 424 g/mol. The van der Waals surface area contributed by atoms with Gasteiger partial charge in [0.15, 0.2) is 0 Å². The Morgan fingerprint density at radius 3 is 2.33 bits per heavy atom. The number of nitrogens with zero attached hydrogens (tertiary/aromatic N) is 1. The lowest BCUT2D eigenvalue weighted by Gasteiger charge is -2.31. The molecule has 0 radical (unpaired) electrons. The highest BCUT2D eigenvalue weighted by molar-refractivity contribution is 5.92. The summed E-state index contributed by atoms with van der Waals surface area (Å²) in [6.45, 7) is 11.9. The Labute approximate surface area is 195 Å². The fourth-order valence-corrected chi connectivity index (χ4v) is 3.46. The molecule has 1 aromatic rings. The lowest BCUT2D eigenvalue weighted by atomic mass is 10.1. The third-order valence-corrected chi connectivity index (χ3v) is 5.07. The molecule has 9 heteroatoms. The van der Waals surface area contributed by atoms with Crippen LogP contribution in [-0.2, 0) is 25.7 Å². The molecule has 1 aromatic carbocycles. The van der Waals surface area contributed by atoms with Gasteiger partial charge in [-0.1, -0.05) is 18.2 Å². The van der Waals surface area contributed by atoms with E-state index in [1.807, 2.05) is 32.9 Å². The first-order valence-electron chi connectivity index (χ1n) is 11.2. The number of ether oxygens (including phenoxy) is 1. The van der Waals surface area contributed by atoms with E-state index in [0.717, 1.165) is 5.56 Å². The Kier molecular flexibility index (Phi) is 8.46. The number of nitrogens with one attached hydrogen (secondary N) is 3. The molecule has 1 atom stereocenters. The molecule has 2 rings (SSSR count). The Hall–Kier alpha value is -3.10. The van der Waals surface area contributed by atoms with Gasteiger partial charge in [0.25, 0.3) is 0 Å². The number of para-hydroxylation sites is 1. The van der Waals surface area contributed by atoms with Gasteiger partial charge in [-0.3, -0.25) is 14.4 Å². The minimum atomic E-state index is -0.605. The predicted molar refractivity (Wildman–Crippen MR) is 125 cm³/mol. The number of hydrogen-bond acceptors (Lipinski definition) is 5. The zero-order valence-electron chi connectivity index (χ0n) is 20.4. The summed E-state index contributed by atoms with van der Waals surface area (Å²) in [6.07, 6.45) is -0.298. The molecule has 4 amide bonds. The Balaban J connectivity index is 1.85. The summed E-state index contributed by atoms with van der Waals surface area (Å²) in [4.78, 5) is 50.6. The number of rotatable bonds is 7. The van der Waals surface area contributed by atoms with Crippen LogP contribution in [0.3, 0.4) is 0 Å². The van der Waals surface area contributed by atoms with Crippen LogP contribution in [0.5, 0.6) is 0 Å². The van der Waals surface area contributed by atoms with Crippen molar-refractivity contribution in [2.24, 2.45) is 5.92 Å². The maximum Gasteiger partial charge on any atom is 0.407 e. The van der Waals surface area contributed by atoms with E-state index in [4.69, 9.17) is 4.74 Å². The SMILES string of the molecule is CC(C)(C)OC(=O)NCCC(=O)Nc1ccccc1CNC(=O)C1CC(=O)N(C(C)(C)C)C1. The first kappa shape index (κ1) is 26.2. The highest BCUT2D eigenvalue weighted by Gasteiger charge is 2.39. The van der Waals surface area contributed by atoms with Gasteiger partial charge in [0, 0.05) is 43.7 Å². The number of likely N-dealkylation sites (tertiary alicyclic amines) is 1. The molecule has 9 nitrogen and oxygen atoms in total. The van der Waals surface area contributed by atoms with Crippen molar-refractivity contribution in [1.29, 1.82) is 0 Å². The molecule has 1 heterocycles. The number of hydrogen-bond donors (Lipinski definition) is 3. The fourth-order valence-electron chi connectivity index (χ4n) is 3.46. The lowest BCUT2D eigenvalue weighted by Crippen LogP contribution is -2.43.